The van der Waals surface area contributed by atoms with Crippen LogP contribution in [-0.2, 0) is 13.0 Å². The number of nitrogens with zero attached hydrogens (tertiary/aromatic N) is 2. The Kier molecular flexibility index (Phi) is 2.23. The molecule has 0 saturated heterocycles. The zero-order chi connectivity index (χ0) is 10.1. The van der Waals surface area contributed by atoms with Gasteiger partial charge in [-0.25, -0.2) is 9.97 Å². The summed E-state index contributed by atoms with van der Waals surface area (Å²) in [5, 5.41) is 3.38. The highest BCUT2D eigenvalue weighted by molar-refractivity contribution is 7.15. The topological polar surface area (TPSA) is 37.8 Å². The minimum absolute atomic E-state index is 1.000. The molecule has 0 amide bonds. The number of thiophene rings is 1. The average Bonchev–Trinajstić information content (AvgIpc) is 2.74. The zero-order valence-electron chi connectivity index (χ0n) is 8.23. The summed E-state index contributed by atoms with van der Waals surface area (Å²) in [7, 11) is 0. The third kappa shape index (κ3) is 1.66. The molecule has 15 heavy (non-hydrogen) atoms. The molecule has 3 rings (SSSR count). The predicted molar refractivity (Wildman–Crippen MR) is 60.8 cm³/mol. The molecule has 4 heteroatoms. The van der Waals surface area contributed by atoms with Crippen molar-refractivity contribution < 1.29 is 0 Å². The Morgan fingerprint density at radius 2 is 2.13 bits per heavy atom. The van der Waals surface area contributed by atoms with Crippen LogP contribution in [0.2, 0.25) is 0 Å². The van der Waals surface area contributed by atoms with E-state index in [0.29, 0.717) is 0 Å². The highest BCUT2D eigenvalue weighted by atomic mass is 32.1. The number of hydrogen-bond donors (Lipinski definition) is 1. The SMILES string of the molecule is c1ncc(-c2cc3c(s2)CCNC3)cn1. The molecule has 3 nitrogen and oxygen atoms in total. The maximum absolute atomic E-state index is 4.05. The fraction of sp³-hybridized carbons (Fsp3) is 0.273. The van der Waals surface area contributed by atoms with Crippen molar-refractivity contribution >= 4 is 11.3 Å². The monoisotopic (exact) mass is 217 g/mol. The molecule has 0 aromatic carbocycles. The minimum atomic E-state index is 1.000. The van der Waals surface area contributed by atoms with Crippen molar-refractivity contribution in [1.82, 2.24) is 15.3 Å². The van der Waals surface area contributed by atoms with E-state index in [2.05, 4.69) is 21.4 Å². The third-order valence-corrected chi connectivity index (χ3v) is 3.87. The smallest absolute Gasteiger partial charge is 0.115 e. The lowest BCUT2D eigenvalue weighted by molar-refractivity contribution is 0.653. The summed E-state index contributed by atoms with van der Waals surface area (Å²) < 4.78 is 0. The van der Waals surface area contributed by atoms with Crippen LogP contribution in [0.25, 0.3) is 10.4 Å². The van der Waals surface area contributed by atoms with E-state index in [1.165, 1.54) is 15.3 Å². The number of rotatable bonds is 1. The molecule has 0 aliphatic carbocycles. The van der Waals surface area contributed by atoms with Gasteiger partial charge in [-0.05, 0) is 18.1 Å². The van der Waals surface area contributed by atoms with Gasteiger partial charge in [0, 0.05) is 40.8 Å². The molecule has 0 atom stereocenters. The highest BCUT2D eigenvalue weighted by Crippen LogP contribution is 2.32. The molecule has 3 heterocycles. The second-order valence-electron chi connectivity index (χ2n) is 3.61. The maximum atomic E-state index is 4.05. The molecule has 2 aromatic heterocycles. The Morgan fingerprint density at radius 3 is 2.93 bits per heavy atom. The normalized spacial score (nSPS) is 14.9. The van der Waals surface area contributed by atoms with Gasteiger partial charge in [0.15, 0.2) is 0 Å². The van der Waals surface area contributed by atoms with E-state index in [1.807, 2.05) is 23.7 Å². The first-order chi connectivity index (χ1) is 7.43. The summed E-state index contributed by atoms with van der Waals surface area (Å²) in [6.07, 6.45) is 6.46. The van der Waals surface area contributed by atoms with E-state index < -0.39 is 0 Å². The van der Waals surface area contributed by atoms with Crippen molar-refractivity contribution in [3.8, 4) is 10.4 Å². The lowest BCUT2D eigenvalue weighted by atomic mass is 10.1. The summed E-state index contributed by atoms with van der Waals surface area (Å²) in [6, 6.07) is 2.25. The molecule has 0 fully saturated rings. The molecule has 1 N–H and O–H groups in total. The van der Waals surface area contributed by atoms with Crippen LogP contribution < -0.4 is 5.32 Å². The largest absolute Gasteiger partial charge is 0.312 e. The van der Waals surface area contributed by atoms with Crippen LogP contribution in [0.1, 0.15) is 10.4 Å². The first-order valence-corrected chi connectivity index (χ1v) is 5.83. The van der Waals surface area contributed by atoms with Crippen molar-refractivity contribution in [3.05, 3.63) is 35.2 Å². The van der Waals surface area contributed by atoms with E-state index >= 15 is 0 Å². The first kappa shape index (κ1) is 9.00. The number of nitrogens with one attached hydrogen (secondary N) is 1. The van der Waals surface area contributed by atoms with E-state index in [9.17, 15) is 0 Å². The number of fused-ring (bicyclic) bond motifs is 1. The molecule has 0 saturated carbocycles. The highest BCUT2D eigenvalue weighted by Gasteiger charge is 2.13. The lowest BCUT2D eigenvalue weighted by Crippen LogP contribution is -2.21. The summed E-state index contributed by atoms with van der Waals surface area (Å²) in [4.78, 5) is 10.9. The van der Waals surface area contributed by atoms with Crippen LogP contribution in [0.3, 0.4) is 0 Å². The van der Waals surface area contributed by atoms with Crippen LogP contribution in [0.4, 0.5) is 0 Å². The van der Waals surface area contributed by atoms with Crippen LogP contribution in [0, 0.1) is 0 Å². The molecule has 0 spiro atoms. The third-order valence-electron chi connectivity index (χ3n) is 2.59. The molecule has 1 aliphatic heterocycles. The van der Waals surface area contributed by atoms with E-state index in [1.54, 1.807) is 6.33 Å². The molecular formula is C11H11N3S. The second kappa shape index (κ2) is 3.72. The van der Waals surface area contributed by atoms with Gasteiger partial charge in [0.05, 0.1) is 0 Å². The van der Waals surface area contributed by atoms with Gasteiger partial charge >= 0.3 is 0 Å². The second-order valence-corrected chi connectivity index (χ2v) is 4.75. The van der Waals surface area contributed by atoms with Crippen molar-refractivity contribution in [1.29, 1.82) is 0 Å². The minimum Gasteiger partial charge on any atom is -0.312 e. The molecule has 0 unspecified atom stereocenters. The number of hydrogen-bond acceptors (Lipinski definition) is 4. The van der Waals surface area contributed by atoms with E-state index in [-0.39, 0.29) is 0 Å². The van der Waals surface area contributed by atoms with Crippen LogP contribution >= 0.6 is 11.3 Å². The Bertz CT molecular complexity index is 440. The van der Waals surface area contributed by atoms with Gasteiger partial charge in [0.1, 0.15) is 6.33 Å². The van der Waals surface area contributed by atoms with Gasteiger partial charge in [-0.2, -0.15) is 0 Å². The Balaban J connectivity index is 2.03. The lowest BCUT2D eigenvalue weighted by Gasteiger charge is -2.10. The maximum Gasteiger partial charge on any atom is 0.115 e. The van der Waals surface area contributed by atoms with E-state index in [0.717, 1.165) is 25.1 Å². The van der Waals surface area contributed by atoms with Gasteiger partial charge in [0.2, 0.25) is 0 Å². The Hall–Kier alpha value is -1.26. The van der Waals surface area contributed by atoms with Crippen LogP contribution in [0.5, 0.6) is 0 Å². The molecule has 2 aromatic rings. The standard InChI is InChI=1S/C11H11N3S/c1-2-12-4-8-3-11(15-10(1)8)9-5-13-7-14-6-9/h3,5-7,12H,1-2,4H2. The van der Waals surface area contributed by atoms with Gasteiger partial charge in [-0.3, -0.25) is 0 Å². The van der Waals surface area contributed by atoms with Gasteiger partial charge < -0.3 is 5.32 Å². The van der Waals surface area contributed by atoms with Gasteiger partial charge in [0.25, 0.3) is 0 Å². The summed E-state index contributed by atoms with van der Waals surface area (Å²) >= 11 is 1.87. The molecule has 1 aliphatic rings. The Labute approximate surface area is 92.2 Å². The van der Waals surface area contributed by atoms with E-state index in [4.69, 9.17) is 0 Å². The number of aromatic nitrogens is 2. The zero-order valence-corrected chi connectivity index (χ0v) is 9.05. The van der Waals surface area contributed by atoms with Crippen LogP contribution in [0.15, 0.2) is 24.8 Å². The molecular weight excluding hydrogens is 206 g/mol. The first-order valence-electron chi connectivity index (χ1n) is 5.01. The fourth-order valence-electron chi connectivity index (χ4n) is 1.82. The molecule has 0 radical (unpaired) electrons. The summed E-state index contributed by atoms with van der Waals surface area (Å²) in [6.45, 7) is 2.10. The quantitative estimate of drug-likeness (QED) is 0.792. The van der Waals surface area contributed by atoms with Gasteiger partial charge in [-0.1, -0.05) is 0 Å². The van der Waals surface area contributed by atoms with Crippen molar-refractivity contribution in [2.24, 2.45) is 0 Å². The van der Waals surface area contributed by atoms with Crippen LogP contribution in [-0.4, -0.2) is 16.5 Å². The molecule has 0 bridgehead atoms. The van der Waals surface area contributed by atoms with Crippen molar-refractivity contribution in [2.45, 2.75) is 13.0 Å². The predicted octanol–water partition coefficient (Wildman–Crippen LogP) is 1.85. The summed E-state index contributed by atoms with van der Waals surface area (Å²) in [5.74, 6) is 0. The van der Waals surface area contributed by atoms with Crippen molar-refractivity contribution in [2.75, 3.05) is 6.54 Å². The fourth-order valence-corrected chi connectivity index (χ4v) is 2.98. The molecule has 76 valence electrons. The average molecular weight is 217 g/mol. The Morgan fingerprint density at radius 1 is 1.27 bits per heavy atom. The van der Waals surface area contributed by atoms with Gasteiger partial charge in [-0.15, -0.1) is 11.3 Å². The van der Waals surface area contributed by atoms with Crippen molar-refractivity contribution in [3.63, 3.8) is 0 Å². The summed E-state index contributed by atoms with van der Waals surface area (Å²) in [5.41, 5.74) is 2.56.